The van der Waals surface area contributed by atoms with Crippen LogP contribution in [-0.4, -0.2) is 65.8 Å². The Morgan fingerprint density at radius 3 is 2.47 bits per heavy atom. The van der Waals surface area contributed by atoms with E-state index in [9.17, 15) is 9.59 Å². The molecule has 2 saturated heterocycles. The first kappa shape index (κ1) is 12.7. The van der Waals surface area contributed by atoms with Crippen molar-refractivity contribution in [2.75, 3.05) is 32.8 Å². The number of carbonyl (C=O) groups is 2. The molecule has 0 radical (unpaired) electrons. The van der Waals surface area contributed by atoms with E-state index >= 15 is 0 Å². The number of rotatable bonds is 1. The largest absolute Gasteiger partial charge is 0.480 e. The van der Waals surface area contributed by atoms with Crippen LogP contribution in [0.15, 0.2) is 0 Å². The molecule has 2 aliphatic heterocycles. The number of morpholine rings is 1. The fraction of sp³-hybridized carbons (Fsp3) is 0.846. The number of ether oxygens (including phenoxy) is 1. The van der Waals surface area contributed by atoms with Crippen molar-refractivity contribution in [1.82, 2.24) is 9.80 Å². The van der Waals surface area contributed by atoms with Crippen LogP contribution in [0.25, 0.3) is 0 Å². The van der Waals surface area contributed by atoms with Crippen LogP contribution in [0.5, 0.6) is 0 Å². The molecule has 19 heavy (non-hydrogen) atoms. The summed E-state index contributed by atoms with van der Waals surface area (Å²) in [7, 11) is 0. The number of carbonyl (C=O) groups excluding carboxylic acids is 1. The highest BCUT2D eigenvalue weighted by Gasteiger charge is 2.42. The average molecular weight is 268 g/mol. The fourth-order valence-corrected chi connectivity index (χ4v) is 3.61. The van der Waals surface area contributed by atoms with E-state index in [1.165, 1.54) is 24.2 Å². The molecule has 106 valence electrons. The second-order valence-electron chi connectivity index (χ2n) is 5.76. The van der Waals surface area contributed by atoms with Crippen LogP contribution in [-0.2, 0) is 9.53 Å². The minimum Gasteiger partial charge on any atom is -0.480 e. The van der Waals surface area contributed by atoms with E-state index in [0.29, 0.717) is 25.0 Å². The second kappa shape index (κ2) is 5.00. The summed E-state index contributed by atoms with van der Waals surface area (Å²) in [4.78, 5) is 27.0. The van der Waals surface area contributed by atoms with Gasteiger partial charge in [-0.3, -0.25) is 0 Å². The first-order valence-corrected chi connectivity index (χ1v) is 7.03. The molecule has 6 heteroatoms. The molecule has 0 bridgehead atoms. The Morgan fingerprint density at radius 1 is 1.16 bits per heavy atom. The highest BCUT2D eigenvalue weighted by atomic mass is 16.5. The number of urea groups is 1. The molecule has 1 saturated carbocycles. The van der Waals surface area contributed by atoms with E-state index in [2.05, 4.69) is 0 Å². The van der Waals surface area contributed by atoms with E-state index < -0.39 is 12.0 Å². The van der Waals surface area contributed by atoms with Gasteiger partial charge in [0, 0.05) is 19.6 Å². The molecule has 3 aliphatic rings. The summed E-state index contributed by atoms with van der Waals surface area (Å²) in [6.45, 7) is 2.50. The molecule has 1 aliphatic carbocycles. The van der Waals surface area contributed by atoms with Gasteiger partial charge in [0.2, 0.25) is 0 Å². The van der Waals surface area contributed by atoms with Gasteiger partial charge < -0.3 is 19.6 Å². The lowest BCUT2D eigenvalue weighted by molar-refractivity contribution is -0.147. The summed E-state index contributed by atoms with van der Waals surface area (Å²) in [5, 5.41) is 9.17. The highest BCUT2D eigenvalue weighted by Crippen LogP contribution is 2.38. The quantitative estimate of drug-likeness (QED) is 0.757. The number of hydrogen-bond acceptors (Lipinski definition) is 3. The van der Waals surface area contributed by atoms with E-state index in [1.807, 2.05) is 4.90 Å². The van der Waals surface area contributed by atoms with Gasteiger partial charge in [-0.25, -0.2) is 9.59 Å². The Morgan fingerprint density at radius 2 is 1.84 bits per heavy atom. The molecule has 0 spiro atoms. The number of hydrogen-bond donors (Lipinski definition) is 1. The lowest BCUT2D eigenvalue weighted by atomic mass is 10.0. The summed E-state index contributed by atoms with van der Waals surface area (Å²) < 4.78 is 5.17. The Bertz CT molecular complexity index is 375. The van der Waals surface area contributed by atoms with E-state index in [4.69, 9.17) is 9.84 Å². The summed E-state index contributed by atoms with van der Waals surface area (Å²) >= 11 is 0. The fourth-order valence-electron chi connectivity index (χ4n) is 3.61. The molecule has 3 unspecified atom stereocenters. The van der Waals surface area contributed by atoms with Crippen LogP contribution in [0.2, 0.25) is 0 Å². The molecule has 0 aromatic rings. The molecule has 2 amide bonds. The number of likely N-dealkylation sites (tertiary alicyclic amines) is 1. The predicted molar refractivity (Wildman–Crippen MR) is 66.7 cm³/mol. The molecule has 2 heterocycles. The first-order valence-electron chi connectivity index (χ1n) is 7.03. The number of carboxylic acid groups (broad SMARTS) is 1. The molecule has 0 aromatic heterocycles. The van der Waals surface area contributed by atoms with Gasteiger partial charge in [-0.1, -0.05) is 6.42 Å². The van der Waals surface area contributed by atoms with Crippen molar-refractivity contribution in [3.05, 3.63) is 0 Å². The van der Waals surface area contributed by atoms with Crippen LogP contribution in [0.1, 0.15) is 19.3 Å². The minimum atomic E-state index is -0.979. The molecule has 1 N–H and O–H groups in total. The van der Waals surface area contributed by atoms with Gasteiger partial charge in [0.25, 0.3) is 0 Å². The Labute approximate surface area is 112 Å². The van der Waals surface area contributed by atoms with Crippen molar-refractivity contribution in [3.63, 3.8) is 0 Å². The number of aliphatic carboxylic acids is 1. The van der Waals surface area contributed by atoms with Crippen LogP contribution >= 0.6 is 0 Å². The van der Waals surface area contributed by atoms with Crippen molar-refractivity contribution in [2.24, 2.45) is 11.8 Å². The van der Waals surface area contributed by atoms with Crippen LogP contribution in [0, 0.1) is 11.8 Å². The third kappa shape index (κ3) is 2.29. The first-order chi connectivity index (χ1) is 9.16. The van der Waals surface area contributed by atoms with E-state index in [0.717, 1.165) is 13.1 Å². The van der Waals surface area contributed by atoms with Crippen LogP contribution in [0.3, 0.4) is 0 Å². The SMILES string of the molecule is O=C(O)C1COCCN1C(=O)N1CC2CCCC2C1. The van der Waals surface area contributed by atoms with E-state index in [-0.39, 0.29) is 12.6 Å². The molecule has 0 aromatic carbocycles. The topological polar surface area (TPSA) is 70.1 Å². The smallest absolute Gasteiger partial charge is 0.328 e. The minimum absolute atomic E-state index is 0.0990. The normalized spacial score (nSPS) is 34.4. The summed E-state index contributed by atoms with van der Waals surface area (Å²) in [5.41, 5.74) is 0. The zero-order valence-corrected chi connectivity index (χ0v) is 11.0. The zero-order chi connectivity index (χ0) is 13.4. The van der Waals surface area contributed by atoms with Gasteiger partial charge in [0.05, 0.1) is 13.2 Å². The standard InChI is InChI=1S/C13H20N2O4/c16-12(17)11-8-19-5-4-15(11)13(18)14-6-9-2-1-3-10(9)7-14/h9-11H,1-8H2,(H,16,17). The van der Waals surface area contributed by atoms with Crippen LogP contribution < -0.4 is 0 Å². The van der Waals surface area contributed by atoms with Crippen molar-refractivity contribution in [1.29, 1.82) is 0 Å². The van der Waals surface area contributed by atoms with E-state index in [1.54, 1.807) is 0 Å². The Hall–Kier alpha value is -1.30. The maximum Gasteiger partial charge on any atom is 0.328 e. The van der Waals surface area contributed by atoms with Crippen LogP contribution in [0.4, 0.5) is 4.79 Å². The highest BCUT2D eigenvalue weighted by molar-refractivity contribution is 5.83. The third-order valence-electron chi connectivity index (χ3n) is 4.66. The van der Waals surface area contributed by atoms with Gasteiger partial charge in [-0.05, 0) is 24.7 Å². The summed E-state index contributed by atoms with van der Waals surface area (Å²) in [6.07, 6.45) is 3.69. The molecule has 6 nitrogen and oxygen atoms in total. The summed E-state index contributed by atoms with van der Waals surface area (Å²) in [5.74, 6) is 0.286. The van der Waals surface area contributed by atoms with Crippen molar-refractivity contribution in [2.45, 2.75) is 25.3 Å². The number of nitrogens with zero attached hydrogens (tertiary/aromatic N) is 2. The monoisotopic (exact) mass is 268 g/mol. The number of fused-ring (bicyclic) bond motifs is 1. The van der Waals surface area contributed by atoms with Crippen molar-refractivity contribution < 1.29 is 19.4 Å². The maximum atomic E-state index is 12.5. The Kier molecular flexibility index (Phi) is 3.35. The molecular weight excluding hydrogens is 248 g/mol. The number of amides is 2. The average Bonchev–Trinajstić information content (AvgIpc) is 2.98. The lowest BCUT2D eigenvalue weighted by Crippen LogP contribution is -2.56. The van der Waals surface area contributed by atoms with Gasteiger partial charge in [-0.2, -0.15) is 0 Å². The van der Waals surface area contributed by atoms with Gasteiger partial charge >= 0.3 is 12.0 Å². The third-order valence-corrected chi connectivity index (χ3v) is 4.66. The second-order valence-corrected chi connectivity index (χ2v) is 5.76. The van der Waals surface area contributed by atoms with Gasteiger partial charge in [0.1, 0.15) is 0 Å². The zero-order valence-electron chi connectivity index (χ0n) is 11.0. The number of carboxylic acids is 1. The predicted octanol–water partition coefficient (Wildman–Crippen LogP) is 0.624. The lowest BCUT2D eigenvalue weighted by Gasteiger charge is -2.35. The van der Waals surface area contributed by atoms with Crippen molar-refractivity contribution in [3.8, 4) is 0 Å². The van der Waals surface area contributed by atoms with Gasteiger partial charge in [-0.15, -0.1) is 0 Å². The van der Waals surface area contributed by atoms with Crippen molar-refractivity contribution >= 4 is 12.0 Å². The Balaban J connectivity index is 1.67. The summed E-state index contributed by atoms with van der Waals surface area (Å²) in [6, 6.07) is -0.952. The molecule has 3 fully saturated rings. The molecule has 3 atom stereocenters. The van der Waals surface area contributed by atoms with Gasteiger partial charge in [0.15, 0.2) is 6.04 Å². The maximum absolute atomic E-state index is 12.5. The molecular formula is C13H20N2O4. The molecule has 3 rings (SSSR count).